The van der Waals surface area contributed by atoms with Gasteiger partial charge in [-0.2, -0.15) is 0 Å². The maximum atomic E-state index is 10.1. The van der Waals surface area contributed by atoms with E-state index in [0.717, 1.165) is 12.3 Å². The van der Waals surface area contributed by atoms with Gasteiger partial charge < -0.3 is 10.8 Å². The number of rotatable bonds is 5. The van der Waals surface area contributed by atoms with Gasteiger partial charge in [-0.25, -0.2) is 0 Å². The van der Waals surface area contributed by atoms with Crippen LogP contribution in [-0.2, 0) is 0 Å². The Morgan fingerprint density at radius 2 is 2.12 bits per heavy atom. The summed E-state index contributed by atoms with van der Waals surface area (Å²) in [6.45, 7) is 10.2. The van der Waals surface area contributed by atoms with Crippen LogP contribution in [0.1, 0.15) is 53.4 Å². The molecule has 1 aliphatic heterocycles. The maximum Gasteiger partial charge on any atom is 0.0756 e. The highest BCUT2D eigenvalue weighted by Gasteiger charge is 2.31. The van der Waals surface area contributed by atoms with E-state index in [1.807, 2.05) is 6.92 Å². The van der Waals surface area contributed by atoms with E-state index < -0.39 is 5.60 Å². The molecule has 3 N–H and O–H groups in total. The first-order valence-electron chi connectivity index (χ1n) is 7.07. The van der Waals surface area contributed by atoms with Gasteiger partial charge >= 0.3 is 0 Å². The lowest BCUT2D eigenvalue weighted by atomic mass is 9.88. The predicted molar refractivity (Wildman–Crippen MR) is 72.9 cm³/mol. The molecule has 0 bridgehead atoms. The molecule has 0 aromatic rings. The Kier molecular flexibility index (Phi) is 5.42. The number of nitrogens with zero attached hydrogens (tertiary/aromatic N) is 1. The first-order chi connectivity index (χ1) is 7.89. The molecule has 3 nitrogen and oxygen atoms in total. The van der Waals surface area contributed by atoms with Gasteiger partial charge in [-0.3, -0.25) is 4.90 Å². The minimum absolute atomic E-state index is 0.344. The van der Waals surface area contributed by atoms with Crippen molar-refractivity contribution in [3.05, 3.63) is 0 Å². The number of likely N-dealkylation sites (tertiary alicyclic amines) is 1. The average Bonchev–Trinajstić information content (AvgIpc) is 2.29. The number of hydrogen-bond acceptors (Lipinski definition) is 3. The minimum Gasteiger partial charge on any atom is -0.389 e. The van der Waals surface area contributed by atoms with Crippen LogP contribution in [0.5, 0.6) is 0 Å². The van der Waals surface area contributed by atoms with Crippen molar-refractivity contribution in [3.8, 4) is 0 Å². The predicted octanol–water partition coefficient (Wildman–Crippen LogP) is 1.99. The molecule has 3 heteroatoms. The van der Waals surface area contributed by atoms with Gasteiger partial charge in [0.15, 0.2) is 0 Å². The Morgan fingerprint density at radius 1 is 1.47 bits per heavy atom. The Balaban J connectivity index is 2.56. The lowest BCUT2D eigenvalue weighted by Crippen LogP contribution is -2.50. The molecule has 1 fully saturated rings. The minimum atomic E-state index is -0.724. The smallest absolute Gasteiger partial charge is 0.0756 e. The third kappa shape index (κ3) is 4.23. The standard InChI is InChI=1S/C14H30N2O/c1-5-13-7-6-11(2)16(9-13)12(3)8-14(4,17)10-15/h11-13,17H,5-10,15H2,1-4H3. The summed E-state index contributed by atoms with van der Waals surface area (Å²) in [5.74, 6) is 0.830. The second kappa shape index (κ2) is 6.17. The summed E-state index contributed by atoms with van der Waals surface area (Å²) in [6, 6.07) is 1.05. The summed E-state index contributed by atoms with van der Waals surface area (Å²) in [4.78, 5) is 2.56. The topological polar surface area (TPSA) is 49.5 Å². The van der Waals surface area contributed by atoms with Crippen LogP contribution in [0.4, 0.5) is 0 Å². The van der Waals surface area contributed by atoms with E-state index in [2.05, 4.69) is 25.7 Å². The van der Waals surface area contributed by atoms with Gasteiger partial charge in [-0.1, -0.05) is 13.3 Å². The molecule has 1 heterocycles. The Morgan fingerprint density at radius 3 is 2.65 bits per heavy atom. The van der Waals surface area contributed by atoms with Crippen LogP contribution in [0.25, 0.3) is 0 Å². The molecular formula is C14H30N2O. The largest absolute Gasteiger partial charge is 0.389 e. The van der Waals surface area contributed by atoms with Crippen molar-refractivity contribution < 1.29 is 5.11 Å². The Hall–Kier alpha value is -0.120. The summed E-state index contributed by atoms with van der Waals surface area (Å²) >= 11 is 0. The Labute approximate surface area is 106 Å². The van der Waals surface area contributed by atoms with Gasteiger partial charge in [0.05, 0.1) is 5.60 Å². The van der Waals surface area contributed by atoms with Crippen LogP contribution < -0.4 is 5.73 Å². The molecule has 0 spiro atoms. The summed E-state index contributed by atoms with van der Waals surface area (Å²) < 4.78 is 0. The fourth-order valence-corrected chi connectivity index (χ4v) is 3.00. The van der Waals surface area contributed by atoms with Gasteiger partial charge in [0.25, 0.3) is 0 Å². The van der Waals surface area contributed by atoms with E-state index in [0.29, 0.717) is 18.6 Å². The van der Waals surface area contributed by atoms with Gasteiger partial charge in [-0.05, 0) is 46.0 Å². The van der Waals surface area contributed by atoms with Crippen LogP contribution in [-0.4, -0.2) is 40.8 Å². The van der Waals surface area contributed by atoms with Crippen molar-refractivity contribution in [2.45, 2.75) is 71.1 Å². The molecular weight excluding hydrogens is 212 g/mol. The second-order valence-electron chi connectivity index (χ2n) is 6.15. The highest BCUT2D eigenvalue weighted by Crippen LogP contribution is 2.28. The monoisotopic (exact) mass is 242 g/mol. The quantitative estimate of drug-likeness (QED) is 0.775. The zero-order valence-electron chi connectivity index (χ0n) is 11.9. The number of hydrogen-bond donors (Lipinski definition) is 2. The lowest BCUT2D eigenvalue weighted by molar-refractivity contribution is 0.00327. The SMILES string of the molecule is CCC1CCC(C)N(C(C)CC(C)(O)CN)C1. The average molecular weight is 242 g/mol. The van der Waals surface area contributed by atoms with Crippen molar-refractivity contribution in [2.75, 3.05) is 13.1 Å². The van der Waals surface area contributed by atoms with Crippen molar-refractivity contribution in [1.82, 2.24) is 4.90 Å². The van der Waals surface area contributed by atoms with E-state index in [4.69, 9.17) is 5.73 Å². The molecule has 0 saturated carbocycles. The van der Waals surface area contributed by atoms with E-state index in [1.165, 1.54) is 25.8 Å². The molecule has 0 aliphatic carbocycles. The molecule has 1 saturated heterocycles. The highest BCUT2D eigenvalue weighted by atomic mass is 16.3. The third-order valence-electron chi connectivity index (χ3n) is 4.35. The first-order valence-corrected chi connectivity index (χ1v) is 7.07. The molecule has 0 aromatic heterocycles. The van der Waals surface area contributed by atoms with Crippen molar-refractivity contribution in [2.24, 2.45) is 11.7 Å². The number of aliphatic hydroxyl groups is 1. The molecule has 1 rings (SSSR count). The second-order valence-corrected chi connectivity index (χ2v) is 6.15. The maximum absolute atomic E-state index is 10.1. The molecule has 102 valence electrons. The molecule has 17 heavy (non-hydrogen) atoms. The fraction of sp³-hybridized carbons (Fsp3) is 1.00. The van der Waals surface area contributed by atoms with Gasteiger partial charge in [-0.15, -0.1) is 0 Å². The van der Waals surface area contributed by atoms with Crippen molar-refractivity contribution >= 4 is 0 Å². The highest BCUT2D eigenvalue weighted by molar-refractivity contribution is 4.86. The van der Waals surface area contributed by atoms with Gasteiger partial charge in [0, 0.05) is 25.2 Å². The lowest BCUT2D eigenvalue weighted by Gasteiger charge is -2.43. The first kappa shape index (κ1) is 14.9. The van der Waals surface area contributed by atoms with E-state index in [1.54, 1.807) is 0 Å². The molecule has 0 radical (unpaired) electrons. The normalized spacial score (nSPS) is 32.1. The van der Waals surface area contributed by atoms with Crippen molar-refractivity contribution in [3.63, 3.8) is 0 Å². The van der Waals surface area contributed by atoms with Crippen LogP contribution in [0.15, 0.2) is 0 Å². The molecule has 4 atom stereocenters. The molecule has 4 unspecified atom stereocenters. The molecule has 0 amide bonds. The van der Waals surface area contributed by atoms with Crippen LogP contribution >= 0.6 is 0 Å². The van der Waals surface area contributed by atoms with E-state index in [-0.39, 0.29) is 0 Å². The molecule has 0 aromatic carbocycles. The fourth-order valence-electron chi connectivity index (χ4n) is 3.00. The van der Waals surface area contributed by atoms with Crippen LogP contribution in [0, 0.1) is 5.92 Å². The van der Waals surface area contributed by atoms with Gasteiger partial charge in [0.2, 0.25) is 0 Å². The number of nitrogens with two attached hydrogens (primary N) is 1. The summed E-state index contributed by atoms with van der Waals surface area (Å²) in [5, 5.41) is 10.1. The number of piperidine rings is 1. The molecule has 1 aliphatic rings. The summed E-state index contributed by atoms with van der Waals surface area (Å²) in [6.07, 6.45) is 4.68. The zero-order valence-corrected chi connectivity index (χ0v) is 11.9. The van der Waals surface area contributed by atoms with E-state index >= 15 is 0 Å². The van der Waals surface area contributed by atoms with Gasteiger partial charge in [0.1, 0.15) is 0 Å². The van der Waals surface area contributed by atoms with Crippen molar-refractivity contribution in [1.29, 1.82) is 0 Å². The zero-order chi connectivity index (χ0) is 13.1. The summed E-state index contributed by atoms with van der Waals surface area (Å²) in [5.41, 5.74) is 4.88. The van der Waals surface area contributed by atoms with E-state index in [9.17, 15) is 5.11 Å². The van der Waals surface area contributed by atoms with Crippen LogP contribution in [0.3, 0.4) is 0 Å². The Bertz CT molecular complexity index is 230. The van der Waals surface area contributed by atoms with Crippen LogP contribution in [0.2, 0.25) is 0 Å². The summed E-state index contributed by atoms with van der Waals surface area (Å²) in [7, 11) is 0. The third-order valence-corrected chi connectivity index (χ3v) is 4.35.